The number of ether oxygens (including phenoxy) is 1. The highest BCUT2D eigenvalue weighted by molar-refractivity contribution is 5.68. The van der Waals surface area contributed by atoms with E-state index < -0.39 is 24.8 Å². The van der Waals surface area contributed by atoms with Crippen LogP contribution in [-0.4, -0.2) is 47.9 Å². The van der Waals surface area contributed by atoms with Crippen LogP contribution in [0.25, 0.3) is 0 Å². The highest BCUT2D eigenvalue weighted by Crippen LogP contribution is 2.21. The number of amides is 1. The first-order valence-corrected chi connectivity index (χ1v) is 5.48. The second-order valence-electron chi connectivity index (χ2n) is 4.20. The molecule has 0 bridgehead atoms. The minimum Gasteiger partial charge on any atom is -0.481 e. The third-order valence-corrected chi connectivity index (χ3v) is 2.70. The van der Waals surface area contributed by atoms with Gasteiger partial charge in [0, 0.05) is 19.5 Å². The van der Waals surface area contributed by atoms with Gasteiger partial charge in [0.05, 0.1) is 0 Å². The van der Waals surface area contributed by atoms with Gasteiger partial charge in [0.15, 0.2) is 6.61 Å². The number of likely N-dealkylation sites (tertiary alicyclic amines) is 1. The molecule has 0 aromatic heterocycles. The molecule has 1 aliphatic heterocycles. The SMILES string of the molecule is O=C(O)CC1CCN(C(=O)OCC(F)(F)F)CC1. The van der Waals surface area contributed by atoms with E-state index in [0.717, 1.165) is 0 Å². The number of carboxylic acids is 1. The van der Waals surface area contributed by atoms with Crippen LogP contribution in [0, 0.1) is 5.92 Å². The smallest absolute Gasteiger partial charge is 0.422 e. The van der Waals surface area contributed by atoms with E-state index in [2.05, 4.69) is 4.74 Å². The van der Waals surface area contributed by atoms with Crippen molar-refractivity contribution in [1.82, 2.24) is 4.90 Å². The Morgan fingerprint density at radius 3 is 2.28 bits per heavy atom. The molecule has 0 aromatic carbocycles. The van der Waals surface area contributed by atoms with Crippen LogP contribution in [0.3, 0.4) is 0 Å². The predicted octanol–water partition coefficient (Wildman–Crippen LogP) is 1.87. The second kappa shape index (κ2) is 5.92. The Balaban J connectivity index is 2.29. The number of halogens is 3. The number of hydrogen-bond donors (Lipinski definition) is 1. The maximum Gasteiger partial charge on any atom is 0.422 e. The van der Waals surface area contributed by atoms with Crippen LogP contribution in [0.5, 0.6) is 0 Å². The van der Waals surface area contributed by atoms with E-state index in [9.17, 15) is 22.8 Å². The van der Waals surface area contributed by atoms with Gasteiger partial charge in [-0.1, -0.05) is 0 Å². The van der Waals surface area contributed by atoms with Crippen molar-refractivity contribution < 1.29 is 32.6 Å². The molecule has 5 nitrogen and oxygen atoms in total. The largest absolute Gasteiger partial charge is 0.481 e. The fourth-order valence-corrected chi connectivity index (χ4v) is 1.80. The molecule has 1 rings (SSSR count). The number of carbonyl (C=O) groups is 2. The average molecular weight is 269 g/mol. The molecule has 8 heteroatoms. The highest BCUT2D eigenvalue weighted by Gasteiger charge is 2.32. The minimum absolute atomic E-state index is 0.0193. The molecule has 1 amide bonds. The number of alkyl halides is 3. The van der Waals surface area contributed by atoms with Gasteiger partial charge < -0.3 is 14.7 Å². The Labute approximate surface area is 102 Å². The second-order valence-corrected chi connectivity index (χ2v) is 4.20. The van der Waals surface area contributed by atoms with Gasteiger partial charge in [-0.2, -0.15) is 13.2 Å². The molecule has 0 unspecified atom stereocenters. The van der Waals surface area contributed by atoms with E-state index in [-0.39, 0.29) is 25.4 Å². The molecule has 1 aliphatic rings. The Hall–Kier alpha value is -1.47. The van der Waals surface area contributed by atoms with E-state index in [1.807, 2.05) is 0 Å². The molecule has 0 atom stereocenters. The number of aliphatic carboxylic acids is 1. The van der Waals surface area contributed by atoms with Crippen molar-refractivity contribution in [2.45, 2.75) is 25.4 Å². The zero-order valence-corrected chi connectivity index (χ0v) is 9.57. The van der Waals surface area contributed by atoms with Crippen molar-refractivity contribution in [1.29, 1.82) is 0 Å². The molecule has 1 heterocycles. The third kappa shape index (κ3) is 5.24. The van der Waals surface area contributed by atoms with E-state index in [1.54, 1.807) is 0 Å². The summed E-state index contributed by atoms with van der Waals surface area (Å²) in [6.07, 6.45) is -4.58. The summed E-state index contributed by atoms with van der Waals surface area (Å²) in [5, 5.41) is 8.58. The topological polar surface area (TPSA) is 66.8 Å². The zero-order valence-electron chi connectivity index (χ0n) is 9.57. The quantitative estimate of drug-likeness (QED) is 0.849. The molecular formula is C10H14F3NO4. The summed E-state index contributed by atoms with van der Waals surface area (Å²) in [7, 11) is 0. The van der Waals surface area contributed by atoms with Gasteiger partial charge in [0.25, 0.3) is 0 Å². The molecule has 1 fully saturated rings. The third-order valence-electron chi connectivity index (χ3n) is 2.70. The van der Waals surface area contributed by atoms with Gasteiger partial charge in [-0.15, -0.1) is 0 Å². The van der Waals surface area contributed by atoms with Crippen LogP contribution in [-0.2, 0) is 9.53 Å². The predicted molar refractivity (Wildman–Crippen MR) is 54.0 cm³/mol. The lowest BCUT2D eigenvalue weighted by Crippen LogP contribution is -2.40. The van der Waals surface area contributed by atoms with Crippen LogP contribution in [0.4, 0.5) is 18.0 Å². The Kier molecular flexibility index (Phi) is 4.80. The first-order chi connectivity index (χ1) is 8.28. The number of nitrogens with zero attached hydrogens (tertiary/aromatic N) is 1. The lowest BCUT2D eigenvalue weighted by atomic mass is 9.94. The van der Waals surface area contributed by atoms with Crippen LogP contribution < -0.4 is 0 Å². The molecule has 0 aliphatic carbocycles. The summed E-state index contributed by atoms with van der Waals surface area (Å²) in [6, 6.07) is 0. The van der Waals surface area contributed by atoms with Crippen LogP contribution >= 0.6 is 0 Å². The number of carboxylic acid groups (broad SMARTS) is 1. The van der Waals surface area contributed by atoms with Gasteiger partial charge in [-0.25, -0.2) is 4.79 Å². The normalized spacial score (nSPS) is 17.6. The monoisotopic (exact) mass is 269 g/mol. The molecule has 0 radical (unpaired) electrons. The van der Waals surface area contributed by atoms with Crippen LogP contribution in [0.1, 0.15) is 19.3 Å². The zero-order chi connectivity index (χ0) is 13.8. The number of carbonyl (C=O) groups excluding carboxylic acids is 1. The molecule has 1 saturated heterocycles. The summed E-state index contributed by atoms with van der Waals surface area (Å²) in [5.74, 6) is -0.942. The number of rotatable bonds is 3. The molecule has 0 aromatic rings. The van der Waals surface area contributed by atoms with E-state index in [1.165, 1.54) is 4.90 Å². The van der Waals surface area contributed by atoms with Gasteiger partial charge in [-0.05, 0) is 18.8 Å². The first-order valence-electron chi connectivity index (χ1n) is 5.48. The fourth-order valence-electron chi connectivity index (χ4n) is 1.80. The van der Waals surface area contributed by atoms with E-state index in [0.29, 0.717) is 12.8 Å². The highest BCUT2D eigenvalue weighted by atomic mass is 19.4. The summed E-state index contributed by atoms with van der Waals surface area (Å²) >= 11 is 0. The first kappa shape index (κ1) is 14.6. The van der Waals surface area contributed by atoms with Crippen molar-refractivity contribution in [3.8, 4) is 0 Å². The molecule has 1 N–H and O–H groups in total. The van der Waals surface area contributed by atoms with Crippen molar-refractivity contribution in [3.05, 3.63) is 0 Å². The molecular weight excluding hydrogens is 255 g/mol. The van der Waals surface area contributed by atoms with Crippen LogP contribution in [0.2, 0.25) is 0 Å². The molecule has 104 valence electrons. The molecule has 0 saturated carbocycles. The number of piperidine rings is 1. The minimum atomic E-state index is -4.53. The standard InChI is InChI=1S/C10H14F3NO4/c11-10(12,13)6-18-9(17)14-3-1-7(2-4-14)5-8(15)16/h7H,1-6H2,(H,15,16). The lowest BCUT2D eigenvalue weighted by Gasteiger charge is -2.30. The van der Waals surface area contributed by atoms with Crippen molar-refractivity contribution >= 4 is 12.1 Å². The maximum absolute atomic E-state index is 11.8. The maximum atomic E-state index is 11.8. The van der Waals surface area contributed by atoms with Gasteiger partial charge in [0.1, 0.15) is 0 Å². The fraction of sp³-hybridized carbons (Fsp3) is 0.800. The van der Waals surface area contributed by atoms with Gasteiger partial charge >= 0.3 is 18.2 Å². The van der Waals surface area contributed by atoms with Crippen molar-refractivity contribution in [3.63, 3.8) is 0 Å². The van der Waals surface area contributed by atoms with Gasteiger partial charge in [0.2, 0.25) is 0 Å². The summed E-state index contributed by atoms with van der Waals surface area (Å²) in [4.78, 5) is 22.9. The average Bonchev–Trinajstić information content (AvgIpc) is 2.25. The van der Waals surface area contributed by atoms with E-state index in [4.69, 9.17) is 5.11 Å². The Bertz CT molecular complexity index is 311. The van der Waals surface area contributed by atoms with Gasteiger partial charge in [-0.3, -0.25) is 4.79 Å². The summed E-state index contributed by atoms with van der Waals surface area (Å²) in [6.45, 7) is -1.13. The van der Waals surface area contributed by atoms with Crippen molar-refractivity contribution in [2.24, 2.45) is 5.92 Å². The molecule has 18 heavy (non-hydrogen) atoms. The summed E-state index contributed by atoms with van der Waals surface area (Å²) < 4.78 is 39.6. The van der Waals surface area contributed by atoms with Crippen molar-refractivity contribution in [2.75, 3.05) is 19.7 Å². The van der Waals surface area contributed by atoms with E-state index >= 15 is 0 Å². The Morgan fingerprint density at radius 2 is 1.83 bits per heavy atom. The Morgan fingerprint density at radius 1 is 1.28 bits per heavy atom. The summed E-state index contributed by atoms with van der Waals surface area (Å²) in [5.41, 5.74) is 0. The molecule has 0 spiro atoms. The van der Waals surface area contributed by atoms with Crippen LogP contribution in [0.15, 0.2) is 0 Å². The lowest BCUT2D eigenvalue weighted by molar-refractivity contribution is -0.162. The number of hydrogen-bond acceptors (Lipinski definition) is 3.